The van der Waals surface area contributed by atoms with E-state index in [1.165, 1.54) is 0 Å². The third-order valence-corrected chi connectivity index (χ3v) is 3.98. The van der Waals surface area contributed by atoms with Crippen molar-refractivity contribution < 1.29 is 9.84 Å². The van der Waals surface area contributed by atoms with Crippen LogP contribution in [0.5, 0.6) is 0 Å². The Labute approximate surface area is 110 Å². The summed E-state index contributed by atoms with van der Waals surface area (Å²) in [4.78, 5) is 4.48. The molecule has 1 aliphatic rings. The minimum atomic E-state index is 0.0509. The maximum absolute atomic E-state index is 9.40. The van der Waals surface area contributed by atoms with Crippen molar-refractivity contribution in [1.82, 2.24) is 4.98 Å². The summed E-state index contributed by atoms with van der Waals surface area (Å²) in [5.74, 6) is 0.997. The second kappa shape index (κ2) is 5.94. The van der Waals surface area contributed by atoms with Gasteiger partial charge in [0, 0.05) is 41.1 Å². The van der Waals surface area contributed by atoms with Gasteiger partial charge in [-0.3, -0.25) is 4.98 Å². The molecule has 1 atom stereocenters. The SMILES string of the molecule is C[C@H](c1ncc(Br)cc1CO)C1CCOCC1. The Morgan fingerprint density at radius 2 is 2.24 bits per heavy atom. The van der Waals surface area contributed by atoms with Crippen LogP contribution in [0.4, 0.5) is 0 Å². The maximum atomic E-state index is 9.40. The molecule has 0 amide bonds. The molecule has 2 heterocycles. The second-order valence-corrected chi connectivity index (χ2v) is 5.51. The maximum Gasteiger partial charge on any atom is 0.0700 e. The molecular weight excluding hydrogens is 282 g/mol. The van der Waals surface area contributed by atoms with Gasteiger partial charge in [0.1, 0.15) is 0 Å². The molecule has 0 bridgehead atoms. The van der Waals surface area contributed by atoms with Gasteiger partial charge in [-0.05, 0) is 40.8 Å². The number of hydrogen-bond donors (Lipinski definition) is 1. The molecule has 3 nitrogen and oxygen atoms in total. The van der Waals surface area contributed by atoms with E-state index < -0.39 is 0 Å². The number of aliphatic hydroxyl groups is 1. The predicted molar refractivity (Wildman–Crippen MR) is 69.8 cm³/mol. The predicted octanol–water partition coefficient (Wildman–Crippen LogP) is 2.87. The van der Waals surface area contributed by atoms with Crippen molar-refractivity contribution in [2.45, 2.75) is 32.3 Å². The summed E-state index contributed by atoms with van der Waals surface area (Å²) in [5, 5.41) is 9.40. The van der Waals surface area contributed by atoms with Gasteiger partial charge in [-0.25, -0.2) is 0 Å². The lowest BCUT2D eigenvalue weighted by Crippen LogP contribution is -2.22. The normalized spacial score (nSPS) is 19.2. The highest BCUT2D eigenvalue weighted by Gasteiger charge is 2.24. The smallest absolute Gasteiger partial charge is 0.0700 e. The van der Waals surface area contributed by atoms with Crippen LogP contribution in [0.15, 0.2) is 16.7 Å². The second-order valence-electron chi connectivity index (χ2n) is 4.59. The first-order chi connectivity index (χ1) is 8.22. The quantitative estimate of drug-likeness (QED) is 0.933. The molecule has 1 N–H and O–H groups in total. The zero-order valence-corrected chi connectivity index (χ0v) is 11.6. The summed E-state index contributed by atoms with van der Waals surface area (Å²) in [5.41, 5.74) is 1.96. The number of nitrogens with zero attached hydrogens (tertiary/aromatic N) is 1. The fourth-order valence-corrected chi connectivity index (χ4v) is 2.85. The van der Waals surface area contributed by atoms with Gasteiger partial charge >= 0.3 is 0 Å². The van der Waals surface area contributed by atoms with Crippen molar-refractivity contribution in [3.05, 3.63) is 28.0 Å². The number of hydrogen-bond acceptors (Lipinski definition) is 3. The van der Waals surface area contributed by atoms with Crippen LogP contribution in [-0.4, -0.2) is 23.3 Å². The minimum absolute atomic E-state index is 0.0509. The lowest BCUT2D eigenvalue weighted by atomic mass is 9.83. The first kappa shape index (κ1) is 13.0. The third-order valence-electron chi connectivity index (χ3n) is 3.54. The van der Waals surface area contributed by atoms with Crippen LogP contribution < -0.4 is 0 Å². The molecule has 4 heteroatoms. The lowest BCUT2D eigenvalue weighted by molar-refractivity contribution is 0.0590. The first-order valence-corrected chi connectivity index (χ1v) is 6.84. The van der Waals surface area contributed by atoms with Crippen molar-refractivity contribution in [2.24, 2.45) is 5.92 Å². The summed E-state index contributed by atoms with van der Waals surface area (Å²) in [6.07, 6.45) is 3.98. The minimum Gasteiger partial charge on any atom is -0.392 e. The Hall–Kier alpha value is -0.450. The first-order valence-electron chi connectivity index (χ1n) is 6.05. The highest BCUT2D eigenvalue weighted by atomic mass is 79.9. The van der Waals surface area contributed by atoms with Crippen LogP contribution in [-0.2, 0) is 11.3 Å². The summed E-state index contributed by atoms with van der Waals surface area (Å²) < 4.78 is 6.30. The molecule has 0 unspecified atom stereocenters. The van der Waals surface area contributed by atoms with Gasteiger partial charge in [0.2, 0.25) is 0 Å². The standard InChI is InChI=1S/C13H18BrNO2/c1-9(10-2-4-17-5-3-10)13-11(8-16)6-12(14)7-15-13/h6-7,9-10,16H,2-5,8H2,1H3/t9-/m0/s1. The van der Waals surface area contributed by atoms with Crippen LogP contribution in [0.25, 0.3) is 0 Å². The van der Waals surface area contributed by atoms with Crippen molar-refractivity contribution in [3.63, 3.8) is 0 Å². The number of halogens is 1. The van der Waals surface area contributed by atoms with Gasteiger partial charge in [0.15, 0.2) is 0 Å². The monoisotopic (exact) mass is 299 g/mol. The largest absolute Gasteiger partial charge is 0.392 e. The van der Waals surface area contributed by atoms with Crippen molar-refractivity contribution >= 4 is 15.9 Å². The number of rotatable bonds is 3. The van der Waals surface area contributed by atoms with Crippen LogP contribution in [0, 0.1) is 5.92 Å². The Balaban J connectivity index is 2.19. The summed E-state index contributed by atoms with van der Waals surface area (Å²) in [7, 11) is 0. The van der Waals surface area contributed by atoms with E-state index >= 15 is 0 Å². The molecule has 0 spiro atoms. The molecule has 0 radical (unpaired) electrons. The van der Waals surface area contributed by atoms with Crippen LogP contribution >= 0.6 is 15.9 Å². The number of ether oxygens (including phenoxy) is 1. The molecular formula is C13H18BrNO2. The zero-order valence-electron chi connectivity index (χ0n) is 10.0. The number of pyridine rings is 1. The molecule has 1 aromatic heterocycles. The van der Waals surface area contributed by atoms with Gasteiger partial charge < -0.3 is 9.84 Å². The van der Waals surface area contributed by atoms with E-state index in [1.807, 2.05) is 12.3 Å². The van der Waals surface area contributed by atoms with E-state index in [9.17, 15) is 5.11 Å². The Bertz CT molecular complexity index is 378. The number of aliphatic hydroxyl groups excluding tert-OH is 1. The van der Waals surface area contributed by atoms with Crippen molar-refractivity contribution in [1.29, 1.82) is 0 Å². The van der Waals surface area contributed by atoms with Crippen molar-refractivity contribution in [3.8, 4) is 0 Å². The highest BCUT2D eigenvalue weighted by Crippen LogP contribution is 2.33. The van der Waals surface area contributed by atoms with Gasteiger partial charge in [-0.2, -0.15) is 0 Å². The van der Waals surface area contributed by atoms with E-state index in [1.54, 1.807) is 0 Å². The summed E-state index contributed by atoms with van der Waals surface area (Å²) >= 11 is 3.39. The van der Waals surface area contributed by atoms with Gasteiger partial charge in [0.25, 0.3) is 0 Å². The molecule has 94 valence electrons. The molecule has 1 aliphatic heterocycles. The summed E-state index contributed by atoms with van der Waals surface area (Å²) in [6.45, 7) is 3.95. The fraction of sp³-hybridized carbons (Fsp3) is 0.615. The molecule has 0 saturated carbocycles. The van der Waals surface area contributed by atoms with Crippen molar-refractivity contribution in [2.75, 3.05) is 13.2 Å². The summed E-state index contributed by atoms with van der Waals surface area (Å²) in [6, 6.07) is 1.96. The Kier molecular flexibility index (Phi) is 4.54. The average molecular weight is 300 g/mol. The molecule has 0 aromatic carbocycles. The molecule has 1 saturated heterocycles. The van der Waals surface area contributed by atoms with E-state index in [-0.39, 0.29) is 6.61 Å². The molecule has 17 heavy (non-hydrogen) atoms. The average Bonchev–Trinajstić information content (AvgIpc) is 2.39. The fourth-order valence-electron chi connectivity index (χ4n) is 2.47. The van der Waals surface area contributed by atoms with Crippen LogP contribution in [0.2, 0.25) is 0 Å². The highest BCUT2D eigenvalue weighted by molar-refractivity contribution is 9.10. The van der Waals surface area contributed by atoms with Gasteiger partial charge in [0.05, 0.1) is 6.61 Å². The molecule has 0 aliphatic carbocycles. The van der Waals surface area contributed by atoms with Crippen LogP contribution in [0.3, 0.4) is 0 Å². The number of aromatic nitrogens is 1. The van der Waals surface area contributed by atoms with E-state index in [0.717, 1.165) is 41.8 Å². The Morgan fingerprint density at radius 1 is 1.53 bits per heavy atom. The van der Waals surface area contributed by atoms with Gasteiger partial charge in [-0.1, -0.05) is 6.92 Å². The van der Waals surface area contributed by atoms with Crippen LogP contribution in [0.1, 0.15) is 36.9 Å². The third kappa shape index (κ3) is 3.06. The lowest BCUT2D eigenvalue weighted by Gasteiger charge is -2.28. The Morgan fingerprint density at radius 3 is 2.88 bits per heavy atom. The zero-order chi connectivity index (χ0) is 12.3. The molecule has 1 aromatic rings. The molecule has 1 fully saturated rings. The van der Waals surface area contributed by atoms with E-state index in [2.05, 4.69) is 27.8 Å². The molecule has 2 rings (SSSR count). The van der Waals surface area contributed by atoms with E-state index in [0.29, 0.717) is 11.8 Å². The topological polar surface area (TPSA) is 42.4 Å². The van der Waals surface area contributed by atoms with E-state index in [4.69, 9.17) is 4.74 Å². The van der Waals surface area contributed by atoms with Gasteiger partial charge in [-0.15, -0.1) is 0 Å².